The minimum Gasteiger partial charge on any atom is -0.379 e. The standard InChI is InChI=1S/C17H25N3O2/c21-17(19-6-7-20-8-10-22-11-9-20)15-3-1-2-14(12-15)16-4-5-18-13-16/h1-3,12,16,18H,4-11,13H2,(H,19,21)/t16-/m0/s1. The second-order valence-corrected chi connectivity index (χ2v) is 6.03. The van der Waals surface area contributed by atoms with Gasteiger partial charge in [0.1, 0.15) is 0 Å². The van der Waals surface area contributed by atoms with Crippen molar-refractivity contribution in [2.24, 2.45) is 0 Å². The van der Waals surface area contributed by atoms with Crippen LogP contribution >= 0.6 is 0 Å². The molecule has 22 heavy (non-hydrogen) atoms. The summed E-state index contributed by atoms with van der Waals surface area (Å²) < 4.78 is 5.32. The summed E-state index contributed by atoms with van der Waals surface area (Å²) in [5.74, 6) is 0.571. The molecule has 5 heteroatoms. The molecule has 2 heterocycles. The lowest BCUT2D eigenvalue weighted by molar-refractivity contribution is 0.0383. The first kappa shape index (κ1) is 15.5. The van der Waals surface area contributed by atoms with Crippen molar-refractivity contribution in [1.82, 2.24) is 15.5 Å². The average Bonchev–Trinajstić information content (AvgIpc) is 3.10. The third-order valence-electron chi connectivity index (χ3n) is 4.50. The van der Waals surface area contributed by atoms with Gasteiger partial charge >= 0.3 is 0 Å². The van der Waals surface area contributed by atoms with Gasteiger partial charge in [-0.25, -0.2) is 0 Å². The Labute approximate surface area is 132 Å². The van der Waals surface area contributed by atoms with Crippen LogP contribution < -0.4 is 10.6 Å². The van der Waals surface area contributed by atoms with Gasteiger partial charge in [0, 0.05) is 38.3 Å². The van der Waals surface area contributed by atoms with E-state index in [9.17, 15) is 4.79 Å². The fourth-order valence-electron chi connectivity index (χ4n) is 3.13. The van der Waals surface area contributed by atoms with Crippen molar-refractivity contribution in [3.63, 3.8) is 0 Å². The molecule has 1 atom stereocenters. The van der Waals surface area contributed by atoms with E-state index in [1.54, 1.807) is 0 Å². The molecule has 1 aromatic rings. The van der Waals surface area contributed by atoms with E-state index in [1.165, 1.54) is 5.56 Å². The van der Waals surface area contributed by atoms with Crippen LogP contribution in [0.15, 0.2) is 24.3 Å². The lowest BCUT2D eigenvalue weighted by atomic mass is 9.96. The predicted octanol–water partition coefficient (Wildman–Crippen LogP) is 0.826. The Morgan fingerprint density at radius 2 is 2.23 bits per heavy atom. The van der Waals surface area contributed by atoms with E-state index in [4.69, 9.17) is 4.74 Å². The Hall–Kier alpha value is -1.43. The first-order valence-corrected chi connectivity index (χ1v) is 8.22. The number of carbonyl (C=O) groups excluding carboxylic acids is 1. The maximum absolute atomic E-state index is 12.3. The highest BCUT2D eigenvalue weighted by Crippen LogP contribution is 2.22. The zero-order valence-corrected chi connectivity index (χ0v) is 13.0. The van der Waals surface area contributed by atoms with E-state index >= 15 is 0 Å². The minimum absolute atomic E-state index is 0.0288. The Kier molecular flexibility index (Phi) is 5.43. The van der Waals surface area contributed by atoms with Crippen LogP contribution in [-0.4, -0.2) is 63.3 Å². The molecule has 2 N–H and O–H groups in total. The monoisotopic (exact) mass is 303 g/mol. The highest BCUT2D eigenvalue weighted by atomic mass is 16.5. The van der Waals surface area contributed by atoms with Crippen LogP contribution in [0.2, 0.25) is 0 Å². The van der Waals surface area contributed by atoms with Crippen LogP contribution in [-0.2, 0) is 4.74 Å². The Morgan fingerprint density at radius 3 is 3.00 bits per heavy atom. The van der Waals surface area contributed by atoms with Crippen molar-refractivity contribution in [1.29, 1.82) is 0 Å². The van der Waals surface area contributed by atoms with Gasteiger partial charge in [-0.3, -0.25) is 9.69 Å². The number of rotatable bonds is 5. The van der Waals surface area contributed by atoms with Crippen molar-refractivity contribution in [2.45, 2.75) is 12.3 Å². The summed E-state index contributed by atoms with van der Waals surface area (Å²) in [7, 11) is 0. The van der Waals surface area contributed by atoms with Gasteiger partial charge in [0.15, 0.2) is 0 Å². The molecule has 2 aliphatic rings. The van der Waals surface area contributed by atoms with Gasteiger partial charge < -0.3 is 15.4 Å². The first-order valence-electron chi connectivity index (χ1n) is 8.22. The lowest BCUT2D eigenvalue weighted by Crippen LogP contribution is -2.41. The van der Waals surface area contributed by atoms with Crippen LogP contribution in [0.25, 0.3) is 0 Å². The van der Waals surface area contributed by atoms with Crippen LogP contribution in [0.4, 0.5) is 0 Å². The van der Waals surface area contributed by atoms with Gasteiger partial charge in [0.25, 0.3) is 5.91 Å². The molecular formula is C17H25N3O2. The summed E-state index contributed by atoms with van der Waals surface area (Å²) in [4.78, 5) is 14.6. The van der Waals surface area contributed by atoms with Crippen molar-refractivity contribution in [3.05, 3.63) is 35.4 Å². The highest BCUT2D eigenvalue weighted by Gasteiger charge is 2.17. The summed E-state index contributed by atoms with van der Waals surface area (Å²) in [6.45, 7) is 7.18. The summed E-state index contributed by atoms with van der Waals surface area (Å²) in [5, 5.41) is 6.40. The van der Waals surface area contributed by atoms with Crippen LogP contribution in [0.3, 0.4) is 0 Å². The molecule has 0 aromatic heterocycles. The molecule has 0 saturated carbocycles. The number of ether oxygens (including phenoxy) is 1. The smallest absolute Gasteiger partial charge is 0.251 e. The molecule has 0 spiro atoms. The fraction of sp³-hybridized carbons (Fsp3) is 0.588. The summed E-state index contributed by atoms with van der Waals surface area (Å²) in [5.41, 5.74) is 2.04. The maximum atomic E-state index is 12.3. The molecule has 2 saturated heterocycles. The number of benzene rings is 1. The summed E-state index contributed by atoms with van der Waals surface area (Å²) >= 11 is 0. The van der Waals surface area contributed by atoms with Gasteiger partial charge in [-0.2, -0.15) is 0 Å². The first-order chi connectivity index (χ1) is 10.8. The van der Waals surface area contributed by atoms with Gasteiger partial charge in [-0.15, -0.1) is 0 Å². The lowest BCUT2D eigenvalue weighted by Gasteiger charge is -2.26. The van der Waals surface area contributed by atoms with E-state index in [2.05, 4.69) is 21.6 Å². The van der Waals surface area contributed by atoms with E-state index in [0.29, 0.717) is 12.5 Å². The quantitative estimate of drug-likeness (QED) is 0.846. The molecule has 3 rings (SSSR count). The van der Waals surface area contributed by atoms with Gasteiger partial charge in [-0.05, 0) is 36.6 Å². The zero-order valence-electron chi connectivity index (χ0n) is 13.0. The van der Waals surface area contributed by atoms with E-state index < -0.39 is 0 Å². The molecule has 5 nitrogen and oxygen atoms in total. The third kappa shape index (κ3) is 4.06. The molecule has 0 bridgehead atoms. The molecule has 2 fully saturated rings. The Bertz CT molecular complexity index is 494. The number of hydrogen-bond acceptors (Lipinski definition) is 4. The predicted molar refractivity (Wildman–Crippen MR) is 86.3 cm³/mol. The molecule has 1 aromatic carbocycles. The second kappa shape index (κ2) is 7.72. The van der Waals surface area contributed by atoms with E-state index in [1.807, 2.05) is 18.2 Å². The zero-order chi connectivity index (χ0) is 15.2. The topological polar surface area (TPSA) is 53.6 Å². The largest absolute Gasteiger partial charge is 0.379 e. The second-order valence-electron chi connectivity index (χ2n) is 6.03. The van der Waals surface area contributed by atoms with Crippen LogP contribution in [0.5, 0.6) is 0 Å². The van der Waals surface area contributed by atoms with Crippen molar-refractivity contribution < 1.29 is 9.53 Å². The van der Waals surface area contributed by atoms with Crippen LogP contribution in [0.1, 0.15) is 28.3 Å². The summed E-state index contributed by atoms with van der Waals surface area (Å²) in [6, 6.07) is 8.06. The fourth-order valence-corrected chi connectivity index (χ4v) is 3.13. The van der Waals surface area contributed by atoms with Crippen molar-refractivity contribution >= 4 is 5.91 Å². The number of carbonyl (C=O) groups is 1. The Morgan fingerprint density at radius 1 is 1.36 bits per heavy atom. The number of amides is 1. The molecule has 120 valence electrons. The number of nitrogens with zero attached hydrogens (tertiary/aromatic N) is 1. The SMILES string of the molecule is O=C(NCCN1CCOCC1)c1cccc([C@H]2CCNC2)c1. The van der Waals surface area contributed by atoms with Gasteiger partial charge in [0.2, 0.25) is 0 Å². The molecule has 0 aliphatic carbocycles. The third-order valence-corrected chi connectivity index (χ3v) is 4.50. The maximum Gasteiger partial charge on any atom is 0.251 e. The van der Waals surface area contributed by atoms with Gasteiger partial charge in [-0.1, -0.05) is 12.1 Å². The molecule has 0 radical (unpaired) electrons. The number of nitrogens with one attached hydrogen (secondary N) is 2. The normalized spacial score (nSPS) is 22.6. The number of morpholine rings is 1. The van der Waals surface area contributed by atoms with E-state index in [-0.39, 0.29) is 5.91 Å². The average molecular weight is 303 g/mol. The van der Waals surface area contributed by atoms with Crippen LogP contribution in [0, 0.1) is 0 Å². The Balaban J connectivity index is 1.49. The van der Waals surface area contributed by atoms with E-state index in [0.717, 1.165) is 57.9 Å². The van der Waals surface area contributed by atoms with Crippen molar-refractivity contribution in [2.75, 3.05) is 52.5 Å². The minimum atomic E-state index is 0.0288. The molecular weight excluding hydrogens is 278 g/mol. The van der Waals surface area contributed by atoms with Crippen molar-refractivity contribution in [3.8, 4) is 0 Å². The molecule has 0 unspecified atom stereocenters. The number of hydrogen-bond donors (Lipinski definition) is 2. The summed E-state index contributed by atoms with van der Waals surface area (Å²) in [6.07, 6.45) is 1.15. The molecule has 2 aliphatic heterocycles. The van der Waals surface area contributed by atoms with Gasteiger partial charge in [0.05, 0.1) is 13.2 Å². The highest BCUT2D eigenvalue weighted by molar-refractivity contribution is 5.94. The molecule has 1 amide bonds.